The molecule has 126 valence electrons. The monoisotopic (exact) mass is 313 g/mol. The Balaban J connectivity index is 2.30. The molecule has 0 aromatic carbocycles. The predicted molar refractivity (Wildman–Crippen MR) is 82.4 cm³/mol. The minimum absolute atomic E-state index is 0.128. The molecule has 0 fully saturated rings. The van der Waals surface area contributed by atoms with Crippen molar-refractivity contribution in [3.63, 3.8) is 0 Å². The number of hydrogen-bond acceptors (Lipinski definition) is 4. The van der Waals surface area contributed by atoms with Crippen molar-refractivity contribution in [3.8, 4) is 0 Å². The minimum Gasteiger partial charge on any atom is -0.463 e. The molecule has 0 N–H and O–H groups in total. The largest absolute Gasteiger partial charge is 0.463 e. The van der Waals surface area contributed by atoms with E-state index in [-0.39, 0.29) is 11.9 Å². The van der Waals surface area contributed by atoms with Gasteiger partial charge >= 0.3 is 5.97 Å². The Morgan fingerprint density at radius 3 is 2.59 bits per heavy atom. The van der Waals surface area contributed by atoms with Crippen LogP contribution < -0.4 is 4.57 Å². The van der Waals surface area contributed by atoms with E-state index < -0.39 is 0 Å². The third kappa shape index (κ3) is 6.58. The van der Waals surface area contributed by atoms with E-state index in [0.29, 0.717) is 32.5 Å². The van der Waals surface area contributed by atoms with Crippen molar-refractivity contribution < 1.29 is 23.6 Å². The van der Waals surface area contributed by atoms with Gasteiger partial charge in [-0.1, -0.05) is 13.8 Å². The lowest BCUT2D eigenvalue weighted by atomic mass is 10.00. The standard InChI is InChI=1S/C16H29N2O4/c1-5-15(18-7-6-17(3)13-18)12-14(2)16(19)22-11-10-21-9-8-20-4/h6-7,13-15H,5,8-12H2,1-4H3/q+1. The molecule has 0 radical (unpaired) electrons. The average Bonchev–Trinajstić information content (AvgIpc) is 2.94. The molecule has 0 bridgehead atoms. The van der Waals surface area contributed by atoms with Crippen LogP contribution in [0.5, 0.6) is 0 Å². The topological polar surface area (TPSA) is 53.6 Å². The number of aryl methyl sites for hydroxylation is 1. The Kier molecular flexibility index (Phi) is 8.77. The van der Waals surface area contributed by atoms with Gasteiger partial charge in [0.1, 0.15) is 25.0 Å². The van der Waals surface area contributed by atoms with E-state index in [9.17, 15) is 4.79 Å². The summed E-state index contributed by atoms with van der Waals surface area (Å²) in [7, 11) is 3.62. The van der Waals surface area contributed by atoms with Crippen LogP contribution in [0.1, 0.15) is 32.7 Å². The number of rotatable bonds is 11. The first-order valence-electron chi connectivity index (χ1n) is 7.84. The lowest BCUT2D eigenvalue weighted by Crippen LogP contribution is -2.25. The molecular formula is C16H29N2O4+. The highest BCUT2D eigenvalue weighted by Gasteiger charge is 2.23. The molecule has 2 unspecified atom stereocenters. The highest BCUT2D eigenvalue weighted by atomic mass is 16.6. The Bertz CT molecular complexity index is 434. The second kappa shape index (κ2) is 10.3. The number of carbonyl (C=O) groups excluding carboxylic acids is 1. The molecule has 1 aromatic heterocycles. The summed E-state index contributed by atoms with van der Waals surface area (Å²) < 4.78 is 19.5. The van der Waals surface area contributed by atoms with Crippen LogP contribution in [-0.2, 0) is 26.1 Å². The number of carbonyl (C=O) groups is 1. The van der Waals surface area contributed by atoms with Gasteiger partial charge in [-0.15, -0.1) is 0 Å². The highest BCUT2D eigenvalue weighted by Crippen LogP contribution is 2.21. The molecule has 0 saturated heterocycles. The van der Waals surface area contributed by atoms with E-state index in [1.165, 1.54) is 0 Å². The Morgan fingerprint density at radius 1 is 1.27 bits per heavy atom. The quantitative estimate of drug-likeness (QED) is 0.353. The van der Waals surface area contributed by atoms with Gasteiger partial charge < -0.3 is 14.2 Å². The van der Waals surface area contributed by atoms with E-state index in [2.05, 4.69) is 11.5 Å². The number of ether oxygens (including phenoxy) is 3. The summed E-state index contributed by atoms with van der Waals surface area (Å²) in [4.78, 5) is 12.0. The molecule has 0 aliphatic carbocycles. The van der Waals surface area contributed by atoms with Gasteiger partial charge in [0.25, 0.3) is 0 Å². The molecule has 1 aromatic rings. The average molecular weight is 313 g/mol. The number of hydrogen-bond donors (Lipinski definition) is 0. The van der Waals surface area contributed by atoms with Crippen LogP contribution in [0, 0.1) is 5.92 Å². The molecule has 0 aliphatic rings. The fraction of sp³-hybridized carbons (Fsp3) is 0.750. The maximum atomic E-state index is 12.0. The molecule has 1 rings (SSSR count). The second-order valence-electron chi connectivity index (χ2n) is 5.50. The third-order valence-electron chi connectivity index (χ3n) is 3.61. The van der Waals surface area contributed by atoms with Gasteiger partial charge in [-0.25, -0.2) is 9.13 Å². The first-order valence-corrected chi connectivity index (χ1v) is 7.84. The Morgan fingerprint density at radius 2 is 2.00 bits per heavy atom. The van der Waals surface area contributed by atoms with Crippen LogP contribution in [0.4, 0.5) is 0 Å². The summed E-state index contributed by atoms with van der Waals surface area (Å²) in [5, 5.41) is 0. The molecule has 6 nitrogen and oxygen atoms in total. The van der Waals surface area contributed by atoms with Gasteiger partial charge in [-0.05, 0) is 6.42 Å². The number of aromatic nitrogens is 2. The molecule has 6 heteroatoms. The normalized spacial score (nSPS) is 13.8. The zero-order valence-electron chi connectivity index (χ0n) is 14.2. The summed E-state index contributed by atoms with van der Waals surface area (Å²) in [5.41, 5.74) is 0. The number of imidazole rings is 1. The summed E-state index contributed by atoms with van der Waals surface area (Å²) in [6.07, 6.45) is 7.83. The van der Waals surface area contributed by atoms with Crippen molar-refractivity contribution in [1.82, 2.24) is 4.57 Å². The number of esters is 1. The zero-order valence-corrected chi connectivity index (χ0v) is 14.2. The SMILES string of the molecule is CCC(CC(C)C(=O)OCCOCCOC)n1cc[n+](C)c1. The van der Waals surface area contributed by atoms with Crippen LogP contribution >= 0.6 is 0 Å². The summed E-state index contributed by atoms with van der Waals surface area (Å²) in [5.74, 6) is -0.290. The minimum atomic E-state index is -0.162. The van der Waals surface area contributed by atoms with Crippen LogP contribution in [0.2, 0.25) is 0 Å². The van der Waals surface area contributed by atoms with E-state index in [0.717, 1.165) is 12.8 Å². The molecule has 22 heavy (non-hydrogen) atoms. The fourth-order valence-electron chi connectivity index (χ4n) is 2.28. The Hall–Kier alpha value is -1.40. The van der Waals surface area contributed by atoms with Crippen molar-refractivity contribution in [2.75, 3.05) is 33.5 Å². The Labute approximate surface area is 133 Å². The van der Waals surface area contributed by atoms with Crippen molar-refractivity contribution in [2.24, 2.45) is 13.0 Å². The maximum absolute atomic E-state index is 12.0. The van der Waals surface area contributed by atoms with Gasteiger partial charge in [0.2, 0.25) is 6.33 Å². The fourth-order valence-corrected chi connectivity index (χ4v) is 2.28. The van der Waals surface area contributed by atoms with Crippen LogP contribution in [0.3, 0.4) is 0 Å². The van der Waals surface area contributed by atoms with Gasteiger partial charge in [0.15, 0.2) is 0 Å². The molecule has 1 heterocycles. The van der Waals surface area contributed by atoms with Crippen molar-refractivity contribution in [2.45, 2.75) is 32.7 Å². The first-order chi connectivity index (χ1) is 10.6. The predicted octanol–water partition coefficient (Wildman–Crippen LogP) is 1.50. The molecule has 0 amide bonds. The third-order valence-corrected chi connectivity index (χ3v) is 3.61. The van der Waals surface area contributed by atoms with Crippen molar-refractivity contribution >= 4 is 5.97 Å². The smallest absolute Gasteiger partial charge is 0.308 e. The van der Waals surface area contributed by atoms with Crippen molar-refractivity contribution in [1.29, 1.82) is 0 Å². The first kappa shape index (κ1) is 18.6. The molecular weight excluding hydrogens is 284 g/mol. The van der Waals surface area contributed by atoms with Gasteiger partial charge in [-0.3, -0.25) is 4.79 Å². The van der Waals surface area contributed by atoms with Crippen molar-refractivity contribution in [3.05, 3.63) is 18.7 Å². The second-order valence-corrected chi connectivity index (χ2v) is 5.50. The molecule has 2 atom stereocenters. The zero-order chi connectivity index (χ0) is 16.4. The lowest BCUT2D eigenvalue weighted by Gasteiger charge is -2.16. The van der Waals surface area contributed by atoms with Crippen LogP contribution in [0.15, 0.2) is 18.7 Å². The van der Waals surface area contributed by atoms with Crippen LogP contribution in [0.25, 0.3) is 0 Å². The number of nitrogens with zero attached hydrogens (tertiary/aromatic N) is 2. The van der Waals surface area contributed by atoms with E-state index in [1.54, 1.807) is 7.11 Å². The highest BCUT2D eigenvalue weighted by molar-refractivity contribution is 5.71. The van der Waals surface area contributed by atoms with Gasteiger partial charge in [-0.2, -0.15) is 0 Å². The van der Waals surface area contributed by atoms with E-state index in [1.807, 2.05) is 37.3 Å². The summed E-state index contributed by atoms with van der Waals surface area (Å²) in [6.45, 7) is 5.82. The number of methoxy groups -OCH3 is 1. The van der Waals surface area contributed by atoms with Crippen LogP contribution in [-0.4, -0.2) is 44.1 Å². The van der Waals surface area contributed by atoms with E-state index in [4.69, 9.17) is 14.2 Å². The van der Waals surface area contributed by atoms with E-state index >= 15 is 0 Å². The summed E-state index contributed by atoms with van der Waals surface area (Å²) >= 11 is 0. The summed E-state index contributed by atoms with van der Waals surface area (Å²) in [6, 6.07) is 0.307. The maximum Gasteiger partial charge on any atom is 0.308 e. The van der Waals surface area contributed by atoms with Gasteiger partial charge in [0.05, 0.1) is 32.8 Å². The molecule has 0 saturated carbocycles. The van der Waals surface area contributed by atoms with Gasteiger partial charge in [0, 0.05) is 13.5 Å². The lowest BCUT2D eigenvalue weighted by molar-refractivity contribution is -0.671. The molecule has 0 aliphatic heterocycles. The molecule has 0 spiro atoms.